The Balaban J connectivity index is 1.39. The molecule has 1 saturated heterocycles. The van der Waals surface area contributed by atoms with Crippen LogP contribution >= 0.6 is 23.2 Å². The Kier molecular flexibility index (Phi) is 6.97. The molecule has 5 rings (SSSR count). The molecular formula is C25H25Cl2N7O. The van der Waals surface area contributed by atoms with Gasteiger partial charge in [-0.05, 0) is 52.6 Å². The zero-order valence-electron chi connectivity index (χ0n) is 19.2. The highest BCUT2D eigenvalue weighted by Crippen LogP contribution is 2.33. The molecule has 4 aromatic rings. The first kappa shape index (κ1) is 23.7. The number of tetrazole rings is 1. The molecule has 0 radical (unpaired) electrons. The first-order chi connectivity index (χ1) is 17.0. The number of ether oxygens (including phenoxy) is 1. The minimum atomic E-state index is 0.319. The monoisotopic (exact) mass is 509 g/mol. The molecule has 2 aromatic heterocycles. The van der Waals surface area contributed by atoms with Crippen LogP contribution < -0.4 is 5.73 Å². The number of likely N-dealkylation sites (tertiary alicyclic amines) is 1. The van der Waals surface area contributed by atoms with Crippen LogP contribution in [0, 0.1) is 0 Å². The highest BCUT2D eigenvalue weighted by Gasteiger charge is 2.20. The molecule has 0 spiro atoms. The number of hydrogen-bond donors (Lipinski definition) is 1. The molecule has 8 nitrogen and oxygen atoms in total. The molecule has 3 heterocycles. The van der Waals surface area contributed by atoms with Crippen LogP contribution in [0.4, 0.5) is 5.82 Å². The molecule has 1 aliphatic rings. The lowest BCUT2D eigenvalue weighted by Gasteiger charge is -2.31. The van der Waals surface area contributed by atoms with Crippen molar-refractivity contribution >= 4 is 29.0 Å². The predicted molar refractivity (Wildman–Crippen MR) is 138 cm³/mol. The van der Waals surface area contributed by atoms with Crippen molar-refractivity contribution in [2.45, 2.75) is 25.5 Å². The van der Waals surface area contributed by atoms with Gasteiger partial charge in [0.05, 0.1) is 27.4 Å². The molecule has 1 aliphatic heterocycles. The van der Waals surface area contributed by atoms with Crippen LogP contribution in [0.25, 0.3) is 28.2 Å². The molecule has 0 amide bonds. The van der Waals surface area contributed by atoms with Gasteiger partial charge in [0.2, 0.25) is 0 Å². The third-order valence-electron chi connectivity index (χ3n) is 6.35. The number of anilines is 1. The fraction of sp³-hybridized carbons (Fsp3) is 0.280. The van der Waals surface area contributed by atoms with Gasteiger partial charge in [-0.25, -0.2) is 4.98 Å². The zero-order chi connectivity index (χ0) is 24.4. The average molecular weight is 510 g/mol. The minimum Gasteiger partial charge on any atom is -0.383 e. The van der Waals surface area contributed by atoms with E-state index in [-0.39, 0.29) is 0 Å². The first-order valence-electron chi connectivity index (χ1n) is 11.4. The van der Waals surface area contributed by atoms with Crippen molar-refractivity contribution in [3.8, 4) is 28.2 Å². The number of methoxy groups -OCH3 is 1. The van der Waals surface area contributed by atoms with Crippen LogP contribution in [0.3, 0.4) is 0 Å². The van der Waals surface area contributed by atoms with Crippen molar-refractivity contribution in [1.82, 2.24) is 30.1 Å². The Morgan fingerprint density at radius 1 is 1.06 bits per heavy atom. The standard InChI is InChI=1S/C25H25Cl2N7O/c1-35-19-9-11-33(12-10-19)15-16-5-7-17(8-6-16)18-13-20(24(28)29-14-18)25-30-31-32-34(25)22-4-2-3-21(26)23(22)27/h2-8,13-14,19H,9-12,15H2,1H3,(H2,28,29). The van der Waals surface area contributed by atoms with Crippen LogP contribution in [-0.2, 0) is 11.3 Å². The summed E-state index contributed by atoms with van der Waals surface area (Å²) in [7, 11) is 1.79. The second kappa shape index (κ2) is 10.3. The number of hydrogen-bond acceptors (Lipinski definition) is 7. The van der Waals surface area contributed by atoms with Crippen molar-refractivity contribution < 1.29 is 4.74 Å². The summed E-state index contributed by atoms with van der Waals surface area (Å²) in [6.07, 6.45) is 4.30. The van der Waals surface area contributed by atoms with E-state index in [1.165, 1.54) is 10.2 Å². The number of halogens is 2. The summed E-state index contributed by atoms with van der Waals surface area (Å²) in [5, 5.41) is 12.9. The number of aromatic nitrogens is 5. The molecule has 180 valence electrons. The van der Waals surface area contributed by atoms with E-state index in [0.717, 1.165) is 43.6 Å². The quantitative estimate of drug-likeness (QED) is 0.395. The molecule has 0 unspecified atom stereocenters. The van der Waals surface area contributed by atoms with E-state index in [4.69, 9.17) is 33.7 Å². The second-order valence-electron chi connectivity index (χ2n) is 8.55. The van der Waals surface area contributed by atoms with Gasteiger partial charge in [0.1, 0.15) is 5.82 Å². The summed E-state index contributed by atoms with van der Waals surface area (Å²) in [5.74, 6) is 0.746. The Morgan fingerprint density at radius 2 is 1.83 bits per heavy atom. The highest BCUT2D eigenvalue weighted by atomic mass is 35.5. The molecule has 10 heteroatoms. The lowest BCUT2D eigenvalue weighted by atomic mass is 10.0. The van der Waals surface area contributed by atoms with E-state index in [0.29, 0.717) is 39.0 Å². The van der Waals surface area contributed by atoms with Gasteiger partial charge in [-0.3, -0.25) is 4.90 Å². The molecule has 1 fully saturated rings. The van der Waals surface area contributed by atoms with Crippen LogP contribution in [0.1, 0.15) is 18.4 Å². The highest BCUT2D eigenvalue weighted by molar-refractivity contribution is 6.43. The molecule has 2 aromatic carbocycles. The summed E-state index contributed by atoms with van der Waals surface area (Å²) >= 11 is 12.6. The van der Waals surface area contributed by atoms with E-state index < -0.39 is 0 Å². The van der Waals surface area contributed by atoms with Gasteiger partial charge >= 0.3 is 0 Å². The van der Waals surface area contributed by atoms with Gasteiger partial charge in [0, 0.05) is 38.5 Å². The maximum atomic E-state index is 6.41. The summed E-state index contributed by atoms with van der Waals surface area (Å²) in [6, 6.07) is 15.7. The van der Waals surface area contributed by atoms with Crippen molar-refractivity contribution in [2.75, 3.05) is 25.9 Å². The lowest BCUT2D eigenvalue weighted by Crippen LogP contribution is -2.36. The lowest BCUT2D eigenvalue weighted by molar-refractivity contribution is 0.0389. The second-order valence-corrected chi connectivity index (χ2v) is 9.34. The number of nitrogens with zero attached hydrogens (tertiary/aromatic N) is 6. The zero-order valence-corrected chi connectivity index (χ0v) is 20.7. The minimum absolute atomic E-state index is 0.319. The number of piperidine rings is 1. The van der Waals surface area contributed by atoms with Gasteiger partial charge in [0.15, 0.2) is 5.82 Å². The first-order valence-corrected chi connectivity index (χ1v) is 12.1. The Morgan fingerprint density at radius 3 is 2.57 bits per heavy atom. The summed E-state index contributed by atoms with van der Waals surface area (Å²) in [5.41, 5.74) is 10.6. The van der Waals surface area contributed by atoms with Gasteiger partial charge in [0.25, 0.3) is 0 Å². The van der Waals surface area contributed by atoms with Crippen molar-refractivity contribution in [3.63, 3.8) is 0 Å². The molecule has 0 atom stereocenters. The molecular weight excluding hydrogens is 485 g/mol. The smallest absolute Gasteiger partial charge is 0.190 e. The Labute approximate surface area is 213 Å². The number of nitrogen functional groups attached to an aromatic ring is 1. The van der Waals surface area contributed by atoms with Crippen LogP contribution in [0.2, 0.25) is 10.0 Å². The molecule has 35 heavy (non-hydrogen) atoms. The summed E-state index contributed by atoms with van der Waals surface area (Å²) in [4.78, 5) is 6.87. The van der Waals surface area contributed by atoms with E-state index >= 15 is 0 Å². The number of benzene rings is 2. The van der Waals surface area contributed by atoms with E-state index in [2.05, 4.69) is 49.7 Å². The molecule has 0 aliphatic carbocycles. The number of nitrogens with two attached hydrogens (primary N) is 1. The van der Waals surface area contributed by atoms with Gasteiger partial charge < -0.3 is 10.5 Å². The van der Waals surface area contributed by atoms with Crippen LogP contribution in [-0.4, -0.2) is 56.4 Å². The molecule has 0 bridgehead atoms. The largest absolute Gasteiger partial charge is 0.383 e. The van der Waals surface area contributed by atoms with Crippen molar-refractivity contribution in [2.24, 2.45) is 0 Å². The number of rotatable bonds is 6. The number of pyridine rings is 1. The third kappa shape index (κ3) is 5.01. The van der Waals surface area contributed by atoms with Crippen LogP contribution in [0.15, 0.2) is 54.7 Å². The molecule has 2 N–H and O–H groups in total. The van der Waals surface area contributed by atoms with E-state index in [9.17, 15) is 0 Å². The predicted octanol–water partition coefficient (Wildman–Crippen LogP) is 4.89. The average Bonchev–Trinajstić information content (AvgIpc) is 3.36. The summed E-state index contributed by atoms with van der Waals surface area (Å²) < 4.78 is 6.99. The fourth-order valence-corrected chi connectivity index (χ4v) is 4.73. The van der Waals surface area contributed by atoms with E-state index in [1.54, 1.807) is 31.5 Å². The maximum absolute atomic E-state index is 6.41. The fourth-order valence-electron chi connectivity index (χ4n) is 4.35. The van der Waals surface area contributed by atoms with Crippen molar-refractivity contribution in [1.29, 1.82) is 0 Å². The van der Waals surface area contributed by atoms with Gasteiger partial charge in [-0.2, -0.15) is 4.68 Å². The maximum Gasteiger partial charge on any atom is 0.190 e. The topological polar surface area (TPSA) is 95.0 Å². The van der Waals surface area contributed by atoms with Gasteiger partial charge in [-0.1, -0.05) is 53.5 Å². The third-order valence-corrected chi connectivity index (χ3v) is 7.16. The summed E-state index contributed by atoms with van der Waals surface area (Å²) in [6.45, 7) is 3.03. The molecule has 0 saturated carbocycles. The normalized spacial score (nSPS) is 14.9. The van der Waals surface area contributed by atoms with Crippen LogP contribution in [0.5, 0.6) is 0 Å². The Hall–Kier alpha value is -3.04. The van der Waals surface area contributed by atoms with Crippen molar-refractivity contribution in [3.05, 3.63) is 70.3 Å². The SMILES string of the molecule is COC1CCN(Cc2ccc(-c3cnc(N)c(-c4nnnn4-c4cccc(Cl)c4Cl)c3)cc2)CC1. The Bertz CT molecular complexity index is 1320. The van der Waals surface area contributed by atoms with E-state index in [1.807, 2.05) is 6.07 Å². The van der Waals surface area contributed by atoms with Gasteiger partial charge in [-0.15, -0.1) is 5.10 Å².